The molecule has 0 bridgehead atoms. The summed E-state index contributed by atoms with van der Waals surface area (Å²) in [5.41, 5.74) is 0. The second kappa shape index (κ2) is 5.65. The van der Waals surface area contributed by atoms with Crippen molar-refractivity contribution in [1.29, 1.82) is 0 Å². The van der Waals surface area contributed by atoms with Crippen LogP contribution < -0.4 is 5.32 Å². The second-order valence-corrected chi connectivity index (χ2v) is 1.61. The molecule has 11 heavy (non-hydrogen) atoms. The highest BCUT2D eigenvalue weighted by Crippen LogP contribution is 2.02. The van der Waals surface area contributed by atoms with Crippen LogP contribution in [0.1, 0.15) is 13.8 Å². The fraction of sp³-hybridized carbons (Fsp3) is 0.375. The molecule has 0 fully saturated rings. The summed E-state index contributed by atoms with van der Waals surface area (Å²) in [5, 5.41) is 2.72. The van der Waals surface area contributed by atoms with Crippen LogP contribution in [0.25, 0.3) is 0 Å². The van der Waals surface area contributed by atoms with Gasteiger partial charge in [0.05, 0.1) is 0 Å². The number of pyridine rings is 1. The number of hydrogen-bond acceptors (Lipinski definition) is 2. The predicted molar refractivity (Wildman–Crippen MR) is 45.1 cm³/mol. The summed E-state index contributed by atoms with van der Waals surface area (Å²) >= 11 is 0. The van der Waals surface area contributed by atoms with E-state index in [4.69, 9.17) is 0 Å². The number of hydrogen-bond donors (Lipinski definition) is 1. The lowest BCUT2D eigenvalue weighted by molar-refractivity contribution is 0.626. The molecule has 2 nitrogen and oxygen atoms in total. The van der Waals surface area contributed by atoms with Gasteiger partial charge in [-0.3, -0.25) is 0 Å². The summed E-state index contributed by atoms with van der Waals surface area (Å²) in [4.78, 5) is 3.81. The molecule has 0 radical (unpaired) electrons. The molecule has 0 aliphatic carbocycles. The molecule has 62 valence electrons. The minimum atomic E-state index is -0.269. The van der Waals surface area contributed by atoms with Gasteiger partial charge in [-0.25, -0.2) is 9.37 Å². The molecular formula is C8H13FN2. The van der Waals surface area contributed by atoms with Crippen LogP contribution in [0.15, 0.2) is 18.3 Å². The van der Waals surface area contributed by atoms with E-state index in [0.717, 1.165) is 0 Å². The van der Waals surface area contributed by atoms with E-state index < -0.39 is 0 Å². The largest absolute Gasteiger partial charge is 0.373 e. The Morgan fingerprint density at radius 1 is 1.45 bits per heavy atom. The van der Waals surface area contributed by atoms with Gasteiger partial charge in [0.2, 0.25) is 0 Å². The van der Waals surface area contributed by atoms with E-state index in [1.54, 1.807) is 7.05 Å². The first-order valence-corrected chi connectivity index (χ1v) is 3.62. The Hall–Kier alpha value is -1.12. The molecule has 0 aromatic carbocycles. The first-order chi connectivity index (χ1) is 5.33. The summed E-state index contributed by atoms with van der Waals surface area (Å²) in [7, 11) is 1.70. The van der Waals surface area contributed by atoms with E-state index in [-0.39, 0.29) is 5.82 Å². The summed E-state index contributed by atoms with van der Waals surface area (Å²) in [5.74, 6) is 0.282. The maximum absolute atomic E-state index is 12.3. The highest BCUT2D eigenvalue weighted by molar-refractivity contribution is 5.32. The zero-order chi connectivity index (χ0) is 8.69. The molecule has 0 atom stereocenters. The predicted octanol–water partition coefficient (Wildman–Crippen LogP) is 2.29. The normalized spacial score (nSPS) is 8.00. The Bertz CT molecular complexity index is 201. The Labute approximate surface area is 66.5 Å². The quantitative estimate of drug-likeness (QED) is 0.674. The first kappa shape index (κ1) is 9.88. The van der Waals surface area contributed by atoms with Crippen molar-refractivity contribution in [3.05, 3.63) is 24.1 Å². The molecule has 0 spiro atoms. The number of nitrogens with one attached hydrogen (secondary N) is 1. The van der Waals surface area contributed by atoms with Gasteiger partial charge in [0.25, 0.3) is 0 Å². The summed E-state index contributed by atoms with van der Waals surface area (Å²) < 4.78 is 12.3. The van der Waals surface area contributed by atoms with Crippen molar-refractivity contribution in [2.24, 2.45) is 0 Å². The maximum Gasteiger partial charge on any atom is 0.128 e. The minimum Gasteiger partial charge on any atom is -0.373 e. The van der Waals surface area contributed by atoms with Crippen LogP contribution in [0.5, 0.6) is 0 Å². The lowest BCUT2D eigenvalue weighted by Gasteiger charge is -1.94. The molecule has 1 heterocycles. The number of nitrogens with zero attached hydrogens (tertiary/aromatic N) is 1. The van der Waals surface area contributed by atoms with E-state index >= 15 is 0 Å². The molecule has 1 rings (SSSR count). The molecule has 0 amide bonds. The molecule has 0 unspecified atom stereocenters. The Morgan fingerprint density at radius 3 is 2.45 bits per heavy atom. The average molecular weight is 156 g/mol. The molecule has 1 aromatic heterocycles. The van der Waals surface area contributed by atoms with Crippen molar-refractivity contribution in [2.75, 3.05) is 12.4 Å². The standard InChI is InChI=1S/C6H7FN2.C2H6/c1-8-6-4-5(7)2-3-9-6;1-2/h2-4H,1H3,(H,8,9);1-2H3. The van der Waals surface area contributed by atoms with Gasteiger partial charge in [-0.1, -0.05) is 13.8 Å². The molecule has 0 saturated carbocycles. The number of halogens is 1. The van der Waals surface area contributed by atoms with Crippen molar-refractivity contribution in [3.8, 4) is 0 Å². The fourth-order valence-corrected chi connectivity index (χ4v) is 0.541. The van der Waals surface area contributed by atoms with E-state index in [2.05, 4.69) is 10.3 Å². The Kier molecular flexibility index (Phi) is 5.07. The average Bonchev–Trinajstić information content (AvgIpc) is 2.08. The van der Waals surface area contributed by atoms with Gasteiger partial charge < -0.3 is 5.32 Å². The van der Waals surface area contributed by atoms with E-state index in [1.165, 1.54) is 18.3 Å². The van der Waals surface area contributed by atoms with Crippen molar-refractivity contribution in [3.63, 3.8) is 0 Å². The third-order valence-electron chi connectivity index (χ3n) is 0.978. The first-order valence-electron chi connectivity index (χ1n) is 3.62. The molecule has 0 aliphatic heterocycles. The molecule has 3 heteroatoms. The van der Waals surface area contributed by atoms with Crippen LogP contribution in [-0.4, -0.2) is 12.0 Å². The van der Waals surface area contributed by atoms with Crippen LogP contribution in [0, 0.1) is 5.82 Å². The van der Waals surface area contributed by atoms with E-state index in [9.17, 15) is 4.39 Å². The molecular weight excluding hydrogens is 143 g/mol. The highest BCUT2D eigenvalue weighted by atomic mass is 19.1. The molecule has 1 N–H and O–H groups in total. The van der Waals surface area contributed by atoms with Crippen LogP contribution in [0.4, 0.5) is 10.2 Å². The van der Waals surface area contributed by atoms with Gasteiger partial charge in [0, 0.05) is 19.3 Å². The Balaban J connectivity index is 0.000000461. The molecule has 1 aromatic rings. The summed E-state index contributed by atoms with van der Waals surface area (Å²) in [6.07, 6.45) is 1.42. The van der Waals surface area contributed by atoms with Gasteiger partial charge in [-0.2, -0.15) is 0 Å². The topological polar surface area (TPSA) is 24.9 Å². The van der Waals surface area contributed by atoms with Gasteiger partial charge >= 0.3 is 0 Å². The zero-order valence-corrected chi connectivity index (χ0v) is 7.06. The van der Waals surface area contributed by atoms with Gasteiger partial charge in [-0.05, 0) is 6.07 Å². The fourth-order valence-electron chi connectivity index (χ4n) is 0.541. The van der Waals surface area contributed by atoms with E-state index in [1.807, 2.05) is 13.8 Å². The van der Waals surface area contributed by atoms with Crippen LogP contribution in [0.3, 0.4) is 0 Å². The minimum absolute atomic E-state index is 0.269. The lowest BCUT2D eigenvalue weighted by Crippen LogP contribution is -1.91. The second-order valence-electron chi connectivity index (χ2n) is 1.61. The van der Waals surface area contributed by atoms with Crippen molar-refractivity contribution < 1.29 is 4.39 Å². The third kappa shape index (κ3) is 3.55. The van der Waals surface area contributed by atoms with Gasteiger partial charge in [0.1, 0.15) is 11.6 Å². The van der Waals surface area contributed by atoms with Crippen molar-refractivity contribution in [2.45, 2.75) is 13.8 Å². The van der Waals surface area contributed by atoms with Crippen LogP contribution >= 0.6 is 0 Å². The third-order valence-corrected chi connectivity index (χ3v) is 0.978. The van der Waals surface area contributed by atoms with Crippen molar-refractivity contribution in [1.82, 2.24) is 4.98 Å². The maximum atomic E-state index is 12.3. The Morgan fingerprint density at radius 2 is 2.09 bits per heavy atom. The van der Waals surface area contributed by atoms with Crippen molar-refractivity contribution >= 4 is 5.82 Å². The smallest absolute Gasteiger partial charge is 0.128 e. The zero-order valence-electron chi connectivity index (χ0n) is 7.06. The van der Waals surface area contributed by atoms with Gasteiger partial charge in [0.15, 0.2) is 0 Å². The monoisotopic (exact) mass is 156 g/mol. The van der Waals surface area contributed by atoms with Crippen LogP contribution in [0.2, 0.25) is 0 Å². The number of anilines is 1. The SMILES string of the molecule is CC.CNc1cc(F)ccn1. The van der Waals surface area contributed by atoms with Crippen LogP contribution in [-0.2, 0) is 0 Å². The molecule has 0 saturated heterocycles. The molecule has 0 aliphatic rings. The van der Waals surface area contributed by atoms with Gasteiger partial charge in [-0.15, -0.1) is 0 Å². The number of aromatic nitrogens is 1. The lowest BCUT2D eigenvalue weighted by atomic mass is 10.4. The van der Waals surface area contributed by atoms with E-state index in [0.29, 0.717) is 5.82 Å². The highest BCUT2D eigenvalue weighted by Gasteiger charge is 1.89. The summed E-state index contributed by atoms with van der Waals surface area (Å²) in [6.45, 7) is 4.00. The number of rotatable bonds is 1. The summed E-state index contributed by atoms with van der Waals surface area (Å²) in [6, 6.07) is 2.64.